The molecule has 56 valence electrons. The number of alkyl halides is 1. The van der Waals surface area contributed by atoms with Crippen molar-refractivity contribution >= 4 is 38.5 Å². The Balaban J connectivity index is 2.82. The average molecular weight is 321 g/mol. The van der Waals surface area contributed by atoms with E-state index >= 15 is 0 Å². The summed E-state index contributed by atoms with van der Waals surface area (Å²) in [6.45, 7) is 0. The van der Waals surface area contributed by atoms with E-state index in [1.807, 2.05) is 12.1 Å². The van der Waals surface area contributed by atoms with Crippen LogP contribution in [0.15, 0.2) is 24.3 Å². The zero-order valence-corrected chi connectivity index (χ0v) is 9.52. The first kappa shape index (κ1) is 9.08. The lowest BCUT2D eigenvalue weighted by Crippen LogP contribution is -1.74. The van der Waals surface area contributed by atoms with E-state index in [2.05, 4.69) is 62.5 Å². The molecule has 0 unspecified atom stereocenters. The molecule has 2 heteroatoms. The van der Waals surface area contributed by atoms with Gasteiger partial charge in [0.15, 0.2) is 0 Å². The molecule has 0 spiro atoms. The maximum Gasteiger partial charge on any atom is 0.0649 e. The van der Waals surface area contributed by atoms with Crippen LogP contribution in [0.3, 0.4) is 0 Å². The molecule has 0 bridgehead atoms. The van der Waals surface area contributed by atoms with Crippen LogP contribution in [0, 0.1) is 15.4 Å². The van der Waals surface area contributed by atoms with Gasteiger partial charge in [-0.15, -0.1) is 0 Å². The summed E-state index contributed by atoms with van der Waals surface area (Å²) in [6.07, 6.45) is 0. The summed E-state index contributed by atoms with van der Waals surface area (Å²) in [5.41, 5.74) is 1.07. The molecule has 11 heavy (non-hydrogen) atoms. The molecule has 0 saturated carbocycles. The van der Waals surface area contributed by atoms with Crippen LogP contribution in [-0.4, -0.2) is 5.33 Å². The summed E-state index contributed by atoms with van der Waals surface area (Å²) < 4.78 is 1.24. The third kappa shape index (κ3) is 3.26. The molecule has 0 atom stereocenters. The minimum atomic E-state index is 0.735. The summed E-state index contributed by atoms with van der Waals surface area (Å²) in [5.74, 6) is 5.97. The Morgan fingerprint density at radius 1 is 1.27 bits per heavy atom. The number of halogens is 2. The normalized spacial score (nSPS) is 8.55. The molecule has 0 N–H and O–H groups in total. The summed E-state index contributed by atoms with van der Waals surface area (Å²) in [6, 6.07) is 8.16. The lowest BCUT2D eigenvalue weighted by Gasteiger charge is -1.89. The standard InChI is InChI=1S/C9H6BrI/c10-7-1-2-8-3-5-9(11)6-4-8/h3-6H,7H2. The number of hydrogen-bond acceptors (Lipinski definition) is 0. The van der Waals surface area contributed by atoms with Crippen LogP contribution in [0.5, 0.6) is 0 Å². The molecule has 0 nitrogen and oxygen atoms in total. The number of rotatable bonds is 0. The topological polar surface area (TPSA) is 0 Å². The van der Waals surface area contributed by atoms with Gasteiger partial charge in [-0.25, -0.2) is 0 Å². The predicted octanol–water partition coefficient (Wildman–Crippen LogP) is 3.04. The fraction of sp³-hybridized carbons (Fsp3) is 0.111. The quantitative estimate of drug-likeness (QED) is 0.391. The van der Waals surface area contributed by atoms with Gasteiger partial charge in [-0.1, -0.05) is 27.8 Å². The molecule has 0 aromatic heterocycles. The predicted molar refractivity (Wildman–Crippen MR) is 59.8 cm³/mol. The Bertz CT molecular complexity index is 279. The second-order valence-electron chi connectivity index (χ2n) is 1.94. The molecule has 0 radical (unpaired) electrons. The van der Waals surface area contributed by atoms with Gasteiger partial charge in [0.1, 0.15) is 0 Å². The van der Waals surface area contributed by atoms with Crippen molar-refractivity contribution in [2.75, 3.05) is 5.33 Å². The Hall–Kier alpha value is -0.0100. The van der Waals surface area contributed by atoms with Crippen molar-refractivity contribution in [1.29, 1.82) is 0 Å². The number of benzene rings is 1. The molecule has 0 aliphatic carbocycles. The first-order valence-corrected chi connectivity index (χ1v) is 5.33. The smallest absolute Gasteiger partial charge is 0.0649 e. The highest BCUT2D eigenvalue weighted by Gasteiger charge is 1.85. The maximum absolute atomic E-state index is 3.25. The molecule has 1 aromatic carbocycles. The van der Waals surface area contributed by atoms with Crippen molar-refractivity contribution in [3.63, 3.8) is 0 Å². The zero-order valence-electron chi connectivity index (χ0n) is 5.77. The van der Waals surface area contributed by atoms with Crippen molar-refractivity contribution in [1.82, 2.24) is 0 Å². The highest BCUT2D eigenvalue weighted by molar-refractivity contribution is 14.1. The van der Waals surface area contributed by atoms with Crippen LogP contribution >= 0.6 is 38.5 Å². The lowest BCUT2D eigenvalue weighted by atomic mass is 10.2. The van der Waals surface area contributed by atoms with Crippen LogP contribution in [0.25, 0.3) is 0 Å². The van der Waals surface area contributed by atoms with Gasteiger partial charge in [0.2, 0.25) is 0 Å². The summed E-state index contributed by atoms with van der Waals surface area (Å²) >= 11 is 5.52. The Labute approximate surface area is 88.7 Å². The van der Waals surface area contributed by atoms with E-state index < -0.39 is 0 Å². The van der Waals surface area contributed by atoms with Crippen LogP contribution in [0.1, 0.15) is 5.56 Å². The van der Waals surface area contributed by atoms with Gasteiger partial charge in [-0.2, -0.15) is 0 Å². The van der Waals surface area contributed by atoms with Gasteiger partial charge in [-0.05, 0) is 46.9 Å². The minimum Gasteiger partial charge on any atom is -0.0863 e. The first-order valence-electron chi connectivity index (χ1n) is 3.13. The maximum atomic E-state index is 3.25. The van der Waals surface area contributed by atoms with E-state index in [1.165, 1.54) is 3.57 Å². The van der Waals surface area contributed by atoms with Gasteiger partial charge < -0.3 is 0 Å². The Morgan fingerprint density at radius 2 is 1.91 bits per heavy atom. The van der Waals surface area contributed by atoms with Crippen molar-refractivity contribution < 1.29 is 0 Å². The fourth-order valence-corrected chi connectivity index (χ4v) is 1.17. The monoisotopic (exact) mass is 320 g/mol. The van der Waals surface area contributed by atoms with E-state index in [9.17, 15) is 0 Å². The highest BCUT2D eigenvalue weighted by Crippen LogP contribution is 2.05. The molecule has 0 amide bonds. The Kier molecular flexibility index (Phi) is 3.95. The van der Waals surface area contributed by atoms with E-state index in [0.29, 0.717) is 0 Å². The van der Waals surface area contributed by atoms with Gasteiger partial charge in [-0.3, -0.25) is 0 Å². The molecular formula is C9H6BrI. The molecule has 1 aromatic rings. The third-order valence-corrected chi connectivity index (χ3v) is 2.14. The van der Waals surface area contributed by atoms with Gasteiger partial charge in [0.05, 0.1) is 5.33 Å². The Morgan fingerprint density at radius 3 is 2.45 bits per heavy atom. The van der Waals surface area contributed by atoms with Crippen molar-refractivity contribution in [3.05, 3.63) is 33.4 Å². The first-order chi connectivity index (χ1) is 5.33. The largest absolute Gasteiger partial charge is 0.0863 e. The summed E-state index contributed by atoms with van der Waals surface area (Å²) in [7, 11) is 0. The third-order valence-electron chi connectivity index (χ3n) is 1.14. The number of hydrogen-bond donors (Lipinski definition) is 0. The zero-order chi connectivity index (χ0) is 8.10. The summed E-state index contributed by atoms with van der Waals surface area (Å²) in [4.78, 5) is 0. The van der Waals surface area contributed by atoms with Crippen LogP contribution in [0.4, 0.5) is 0 Å². The molecular weight excluding hydrogens is 315 g/mol. The van der Waals surface area contributed by atoms with Crippen LogP contribution in [-0.2, 0) is 0 Å². The molecule has 0 saturated heterocycles. The fourth-order valence-electron chi connectivity index (χ4n) is 0.669. The van der Waals surface area contributed by atoms with Crippen molar-refractivity contribution in [2.45, 2.75) is 0 Å². The molecule has 0 heterocycles. The van der Waals surface area contributed by atoms with Gasteiger partial charge in [0, 0.05) is 9.13 Å². The summed E-state index contributed by atoms with van der Waals surface area (Å²) in [5, 5.41) is 0.735. The molecule has 0 fully saturated rings. The van der Waals surface area contributed by atoms with Gasteiger partial charge in [0.25, 0.3) is 0 Å². The van der Waals surface area contributed by atoms with E-state index in [-0.39, 0.29) is 0 Å². The highest BCUT2D eigenvalue weighted by atomic mass is 127. The molecule has 0 aliphatic heterocycles. The van der Waals surface area contributed by atoms with E-state index in [1.54, 1.807) is 0 Å². The van der Waals surface area contributed by atoms with Crippen LogP contribution < -0.4 is 0 Å². The second kappa shape index (κ2) is 4.78. The second-order valence-corrected chi connectivity index (χ2v) is 3.75. The van der Waals surface area contributed by atoms with Crippen molar-refractivity contribution in [2.24, 2.45) is 0 Å². The SMILES string of the molecule is BrCC#Cc1ccc(I)cc1. The lowest BCUT2D eigenvalue weighted by molar-refractivity contribution is 1.60. The van der Waals surface area contributed by atoms with E-state index in [0.717, 1.165) is 10.9 Å². The van der Waals surface area contributed by atoms with Gasteiger partial charge >= 0.3 is 0 Å². The van der Waals surface area contributed by atoms with Crippen molar-refractivity contribution in [3.8, 4) is 11.8 Å². The average Bonchev–Trinajstić information content (AvgIpc) is 2.04. The van der Waals surface area contributed by atoms with Crippen LogP contribution in [0.2, 0.25) is 0 Å². The van der Waals surface area contributed by atoms with E-state index in [4.69, 9.17) is 0 Å². The minimum absolute atomic E-state index is 0.735. The molecule has 1 rings (SSSR count). The molecule has 0 aliphatic rings.